The average Bonchev–Trinajstić information content (AvgIpc) is 2.82. The van der Waals surface area contributed by atoms with Gasteiger partial charge in [0, 0.05) is 17.8 Å². The highest BCUT2D eigenvalue weighted by atomic mass is 35.5. The van der Waals surface area contributed by atoms with Gasteiger partial charge in [0.2, 0.25) is 0 Å². The molecule has 0 fully saturated rings. The van der Waals surface area contributed by atoms with E-state index < -0.39 is 0 Å². The third-order valence-electron chi connectivity index (χ3n) is 3.30. The highest BCUT2D eigenvalue weighted by Crippen LogP contribution is 2.39. The van der Waals surface area contributed by atoms with Gasteiger partial charge < -0.3 is 4.90 Å². The van der Waals surface area contributed by atoms with Crippen LogP contribution in [-0.2, 0) is 6.42 Å². The van der Waals surface area contributed by atoms with Crippen molar-refractivity contribution >= 4 is 29.3 Å². The Hall–Kier alpha value is -1.80. The molecule has 0 unspecified atom stereocenters. The van der Waals surface area contributed by atoms with Gasteiger partial charge in [-0.1, -0.05) is 35.9 Å². The molecule has 1 heterocycles. The molecule has 0 amide bonds. The minimum atomic E-state index is 0.622. The molecule has 90 valence electrons. The van der Waals surface area contributed by atoms with Crippen molar-refractivity contribution in [3.8, 4) is 0 Å². The molecule has 3 rings (SSSR count). The van der Waals surface area contributed by atoms with Crippen molar-refractivity contribution in [2.24, 2.45) is 0 Å². The van der Waals surface area contributed by atoms with Crippen LogP contribution in [0.5, 0.6) is 0 Å². The Labute approximate surface area is 111 Å². The molecule has 1 aliphatic heterocycles. The number of aldehydes is 1. The normalized spacial score (nSPS) is 13.5. The first-order valence-electron chi connectivity index (χ1n) is 5.90. The van der Waals surface area contributed by atoms with Crippen LogP contribution in [0, 0.1) is 0 Å². The lowest BCUT2D eigenvalue weighted by atomic mass is 10.1. The van der Waals surface area contributed by atoms with Gasteiger partial charge in [-0.25, -0.2) is 0 Å². The fourth-order valence-corrected chi connectivity index (χ4v) is 2.77. The number of hydrogen-bond donors (Lipinski definition) is 0. The molecular formula is C15H12ClNO. The highest BCUT2D eigenvalue weighted by molar-refractivity contribution is 6.34. The Morgan fingerprint density at radius 3 is 2.78 bits per heavy atom. The zero-order chi connectivity index (χ0) is 12.5. The summed E-state index contributed by atoms with van der Waals surface area (Å²) in [5.41, 5.74) is 3.90. The number of anilines is 2. The van der Waals surface area contributed by atoms with Crippen LogP contribution >= 0.6 is 11.6 Å². The van der Waals surface area contributed by atoms with Crippen molar-refractivity contribution in [1.82, 2.24) is 0 Å². The number of benzene rings is 2. The van der Waals surface area contributed by atoms with Crippen LogP contribution in [0.25, 0.3) is 0 Å². The Bertz CT molecular complexity index is 609. The summed E-state index contributed by atoms with van der Waals surface area (Å²) >= 11 is 6.25. The largest absolute Gasteiger partial charge is 0.339 e. The summed E-state index contributed by atoms with van der Waals surface area (Å²) in [5.74, 6) is 0. The molecule has 1 aliphatic rings. The van der Waals surface area contributed by atoms with Gasteiger partial charge in [-0.15, -0.1) is 0 Å². The van der Waals surface area contributed by atoms with Crippen LogP contribution in [0.1, 0.15) is 15.9 Å². The van der Waals surface area contributed by atoms with Crippen LogP contribution in [-0.4, -0.2) is 12.8 Å². The Morgan fingerprint density at radius 1 is 1.11 bits per heavy atom. The topological polar surface area (TPSA) is 20.3 Å². The Balaban J connectivity index is 2.16. The van der Waals surface area contributed by atoms with Gasteiger partial charge in [0.15, 0.2) is 6.29 Å². The van der Waals surface area contributed by atoms with Crippen molar-refractivity contribution in [3.63, 3.8) is 0 Å². The molecule has 0 aliphatic carbocycles. The minimum absolute atomic E-state index is 0.622. The van der Waals surface area contributed by atoms with E-state index >= 15 is 0 Å². The number of carbonyl (C=O) groups excluding carboxylic acids is 1. The van der Waals surface area contributed by atoms with Crippen LogP contribution in [0.2, 0.25) is 5.02 Å². The third-order valence-corrected chi connectivity index (χ3v) is 3.61. The lowest BCUT2D eigenvalue weighted by Gasteiger charge is -2.22. The number of para-hydroxylation sites is 2. The molecule has 0 radical (unpaired) electrons. The monoisotopic (exact) mass is 257 g/mol. The van der Waals surface area contributed by atoms with Crippen molar-refractivity contribution < 1.29 is 4.79 Å². The van der Waals surface area contributed by atoms with Crippen molar-refractivity contribution in [2.75, 3.05) is 11.4 Å². The first-order valence-corrected chi connectivity index (χ1v) is 6.28. The summed E-state index contributed by atoms with van der Waals surface area (Å²) in [5, 5.41) is 0.622. The highest BCUT2D eigenvalue weighted by Gasteiger charge is 2.23. The lowest BCUT2D eigenvalue weighted by Crippen LogP contribution is -2.15. The van der Waals surface area contributed by atoms with Crippen molar-refractivity contribution in [1.29, 1.82) is 0 Å². The number of hydrogen-bond acceptors (Lipinski definition) is 2. The van der Waals surface area contributed by atoms with E-state index in [0.717, 1.165) is 30.6 Å². The van der Waals surface area contributed by atoms with E-state index in [4.69, 9.17) is 11.6 Å². The molecule has 0 spiro atoms. The van der Waals surface area contributed by atoms with Crippen molar-refractivity contribution in [2.45, 2.75) is 6.42 Å². The lowest BCUT2D eigenvalue weighted by molar-refractivity contribution is 0.112. The van der Waals surface area contributed by atoms with Gasteiger partial charge in [-0.05, 0) is 30.2 Å². The van der Waals surface area contributed by atoms with Gasteiger partial charge in [-0.3, -0.25) is 4.79 Å². The smallest absolute Gasteiger partial charge is 0.152 e. The number of halogens is 1. The molecule has 18 heavy (non-hydrogen) atoms. The maximum atomic E-state index is 11.2. The summed E-state index contributed by atoms with van der Waals surface area (Å²) in [6, 6.07) is 13.7. The summed E-state index contributed by atoms with van der Waals surface area (Å²) in [6.07, 6.45) is 1.85. The molecule has 0 bridgehead atoms. The van der Waals surface area contributed by atoms with E-state index in [0.29, 0.717) is 10.6 Å². The SMILES string of the molecule is O=Cc1cccc(Cl)c1N1CCc2ccccc21. The molecule has 2 aromatic rings. The molecule has 0 saturated carbocycles. The van der Waals surface area contributed by atoms with E-state index in [1.54, 1.807) is 12.1 Å². The van der Waals surface area contributed by atoms with Crippen LogP contribution in [0.3, 0.4) is 0 Å². The minimum Gasteiger partial charge on any atom is -0.339 e. The Kier molecular flexibility index (Phi) is 2.80. The first-order chi connectivity index (χ1) is 8.81. The van der Waals surface area contributed by atoms with E-state index in [2.05, 4.69) is 17.0 Å². The maximum Gasteiger partial charge on any atom is 0.152 e. The van der Waals surface area contributed by atoms with Crippen LogP contribution in [0.4, 0.5) is 11.4 Å². The van der Waals surface area contributed by atoms with Gasteiger partial charge in [-0.2, -0.15) is 0 Å². The Morgan fingerprint density at radius 2 is 1.94 bits per heavy atom. The second kappa shape index (κ2) is 4.46. The first kappa shape index (κ1) is 11.3. The zero-order valence-electron chi connectivity index (χ0n) is 9.77. The summed E-state index contributed by atoms with van der Waals surface area (Å²) < 4.78 is 0. The summed E-state index contributed by atoms with van der Waals surface area (Å²) in [4.78, 5) is 13.3. The molecule has 3 heteroatoms. The van der Waals surface area contributed by atoms with Gasteiger partial charge >= 0.3 is 0 Å². The standard InChI is InChI=1S/C15H12ClNO/c16-13-6-3-5-12(10-18)15(13)17-9-8-11-4-1-2-7-14(11)17/h1-7,10H,8-9H2. The summed E-state index contributed by atoms with van der Waals surface area (Å²) in [7, 11) is 0. The second-order valence-electron chi connectivity index (χ2n) is 4.33. The predicted molar refractivity (Wildman–Crippen MR) is 74.0 cm³/mol. The average molecular weight is 258 g/mol. The molecule has 0 aromatic heterocycles. The fraction of sp³-hybridized carbons (Fsp3) is 0.133. The van der Waals surface area contributed by atoms with E-state index in [9.17, 15) is 4.79 Å². The molecule has 0 atom stereocenters. The molecule has 0 N–H and O–H groups in total. The zero-order valence-corrected chi connectivity index (χ0v) is 10.5. The molecule has 0 saturated heterocycles. The molecule has 2 aromatic carbocycles. The number of rotatable bonds is 2. The van der Waals surface area contributed by atoms with E-state index in [-0.39, 0.29) is 0 Å². The van der Waals surface area contributed by atoms with Gasteiger partial charge in [0.05, 0.1) is 10.7 Å². The fourth-order valence-electron chi connectivity index (χ4n) is 2.48. The van der Waals surface area contributed by atoms with Gasteiger partial charge in [0.25, 0.3) is 0 Å². The van der Waals surface area contributed by atoms with E-state index in [1.807, 2.05) is 18.2 Å². The number of fused-ring (bicyclic) bond motifs is 1. The van der Waals surface area contributed by atoms with E-state index in [1.165, 1.54) is 5.56 Å². The second-order valence-corrected chi connectivity index (χ2v) is 4.73. The van der Waals surface area contributed by atoms with Crippen molar-refractivity contribution in [3.05, 3.63) is 58.6 Å². The maximum absolute atomic E-state index is 11.2. The van der Waals surface area contributed by atoms with Gasteiger partial charge in [0.1, 0.15) is 0 Å². The van der Waals surface area contributed by atoms with Crippen LogP contribution in [0.15, 0.2) is 42.5 Å². The number of nitrogens with zero attached hydrogens (tertiary/aromatic N) is 1. The summed E-state index contributed by atoms with van der Waals surface area (Å²) in [6.45, 7) is 0.865. The predicted octanol–water partition coefficient (Wildman–Crippen LogP) is 3.85. The quantitative estimate of drug-likeness (QED) is 0.762. The third kappa shape index (κ3) is 1.70. The molecular weight excluding hydrogens is 246 g/mol. The van der Waals surface area contributed by atoms with Crippen LogP contribution < -0.4 is 4.90 Å². The number of carbonyl (C=O) groups is 1. The molecule has 2 nitrogen and oxygen atoms in total.